The molecule has 3 rings (SSSR count). The van der Waals surface area contributed by atoms with E-state index in [4.69, 9.17) is 0 Å². The Labute approximate surface area is 75.5 Å². The minimum Gasteiger partial charge on any atom is -0.319 e. The van der Waals surface area contributed by atoms with E-state index in [0.717, 1.165) is 18.1 Å². The molecule has 2 heteroatoms. The molecule has 2 nitrogen and oxygen atoms in total. The molecule has 3 aliphatic heterocycles. The van der Waals surface area contributed by atoms with Crippen LogP contribution in [0.3, 0.4) is 0 Å². The van der Waals surface area contributed by atoms with Gasteiger partial charge in [0.1, 0.15) is 6.04 Å². The van der Waals surface area contributed by atoms with Crippen LogP contribution in [0, 0.1) is 0 Å². The molecule has 3 unspecified atom stereocenters. The van der Waals surface area contributed by atoms with E-state index < -0.39 is 0 Å². The van der Waals surface area contributed by atoms with E-state index in [-0.39, 0.29) is 0 Å². The maximum absolute atomic E-state index is 3.61. The first kappa shape index (κ1) is 8.52. The monoisotopic (exact) mass is 169 g/mol. The number of nitrogens with one attached hydrogen (secondary N) is 1. The maximum Gasteiger partial charge on any atom is 0.102 e. The molecule has 0 amide bonds. The Hall–Kier alpha value is -0.0800. The molecule has 0 spiro atoms. The predicted octanol–water partition coefficient (Wildman–Crippen LogP) is 0.976. The van der Waals surface area contributed by atoms with Gasteiger partial charge < -0.3 is 9.80 Å². The van der Waals surface area contributed by atoms with Crippen molar-refractivity contribution in [3.63, 3.8) is 0 Å². The average Bonchev–Trinajstić information content (AvgIpc) is 2.05. The van der Waals surface area contributed by atoms with E-state index in [2.05, 4.69) is 26.2 Å². The highest BCUT2D eigenvalue weighted by molar-refractivity contribution is 4.85. The highest BCUT2D eigenvalue weighted by Gasteiger charge is 2.45. The molecule has 3 aliphatic rings. The van der Waals surface area contributed by atoms with E-state index in [9.17, 15) is 0 Å². The molecule has 70 valence electrons. The second kappa shape index (κ2) is 2.71. The molecule has 3 heterocycles. The number of quaternary nitrogens is 1. The van der Waals surface area contributed by atoms with Gasteiger partial charge in [0.2, 0.25) is 0 Å². The van der Waals surface area contributed by atoms with Gasteiger partial charge in [-0.15, -0.1) is 0 Å². The van der Waals surface area contributed by atoms with Crippen LogP contribution in [0.1, 0.15) is 26.7 Å². The summed E-state index contributed by atoms with van der Waals surface area (Å²) >= 11 is 0. The van der Waals surface area contributed by atoms with Crippen LogP contribution in [0.4, 0.5) is 0 Å². The van der Waals surface area contributed by atoms with Gasteiger partial charge in [0.15, 0.2) is 0 Å². The summed E-state index contributed by atoms with van der Waals surface area (Å²) in [5.74, 6) is 0. The van der Waals surface area contributed by atoms with Gasteiger partial charge in [0, 0.05) is 13.0 Å². The smallest absolute Gasteiger partial charge is 0.102 e. The molecule has 0 radical (unpaired) electrons. The van der Waals surface area contributed by atoms with Crippen LogP contribution in [0.25, 0.3) is 0 Å². The summed E-state index contributed by atoms with van der Waals surface area (Å²) in [6.07, 6.45) is 2.84. The summed E-state index contributed by atoms with van der Waals surface area (Å²) in [6, 6.07) is 2.48. The van der Waals surface area contributed by atoms with Gasteiger partial charge in [-0.3, -0.25) is 0 Å². The molecule has 0 aromatic heterocycles. The van der Waals surface area contributed by atoms with Crippen molar-refractivity contribution in [1.29, 1.82) is 0 Å². The molecule has 3 saturated heterocycles. The first-order valence-corrected chi connectivity index (χ1v) is 5.21. The van der Waals surface area contributed by atoms with Gasteiger partial charge in [0.05, 0.1) is 25.7 Å². The molecule has 3 fully saturated rings. The van der Waals surface area contributed by atoms with Gasteiger partial charge in [-0.05, 0) is 20.3 Å². The molecule has 1 N–H and O–H groups in total. The fraction of sp³-hybridized carbons (Fsp3) is 1.00. The van der Waals surface area contributed by atoms with Crippen molar-refractivity contribution in [1.82, 2.24) is 5.32 Å². The molecular weight excluding hydrogens is 148 g/mol. The quantitative estimate of drug-likeness (QED) is 0.577. The lowest BCUT2D eigenvalue weighted by Gasteiger charge is -2.54. The van der Waals surface area contributed by atoms with Crippen LogP contribution in [0.5, 0.6) is 0 Å². The normalized spacial score (nSPS) is 47.0. The fourth-order valence-electron chi connectivity index (χ4n) is 2.82. The summed E-state index contributed by atoms with van der Waals surface area (Å²) in [7, 11) is 2.43. The molecule has 0 aliphatic carbocycles. The molecule has 0 saturated carbocycles. The van der Waals surface area contributed by atoms with Crippen molar-refractivity contribution in [2.45, 2.75) is 44.8 Å². The van der Waals surface area contributed by atoms with Crippen LogP contribution in [-0.4, -0.2) is 42.7 Å². The van der Waals surface area contributed by atoms with Crippen molar-refractivity contribution in [3.05, 3.63) is 0 Å². The van der Waals surface area contributed by atoms with Crippen LogP contribution in [-0.2, 0) is 0 Å². The highest BCUT2D eigenvalue weighted by Crippen LogP contribution is 2.30. The summed E-state index contributed by atoms with van der Waals surface area (Å²) < 4.78 is 1.30. The number of likely N-dealkylation sites (N-methyl/N-ethyl adjacent to an activating group) is 1. The number of fused-ring (bicyclic) bond motifs is 3. The zero-order valence-electron chi connectivity index (χ0n) is 8.51. The Bertz CT molecular complexity index is 171. The Balaban J connectivity index is 2.17. The van der Waals surface area contributed by atoms with Crippen LogP contribution in [0.2, 0.25) is 0 Å². The predicted molar refractivity (Wildman–Crippen MR) is 51.0 cm³/mol. The minimum absolute atomic E-state index is 0.792. The van der Waals surface area contributed by atoms with Gasteiger partial charge in [-0.1, -0.05) is 0 Å². The Kier molecular flexibility index (Phi) is 1.92. The number of nitrogens with zero attached hydrogens (tertiary/aromatic N) is 1. The van der Waals surface area contributed by atoms with E-state index in [1.54, 1.807) is 0 Å². The van der Waals surface area contributed by atoms with Gasteiger partial charge >= 0.3 is 0 Å². The second-order valence-electron chi connectivity index (χ2n) is 4.96. The number of hydrogen-bond donors (Lipinski definition) is 1. The van der Waals surface area contributed by atoms with E-state index in [1.807, 2.05) is 0 Å². The summed E-state index contributed by atoms with van der Waals surface area (Å²) in [5.41, 5.74) is 0. The molecule has 0 aromatic carbocycles. The SMILES string of the molecule is CC(C)[N+]1(C)CC2CCC1CN2. The topological polar surface area (TPSA) is 12.0 Å². The third kappa shape index (κ3) is 1.09. The van der Waals surface area contributed by atoms with Crippen LogP contribution >= 0.6 is 0 Å². The summed E-state index contributed by atoms with van der Waals surface area (Å²) in [5, 5.41) is 3.61. The molecule has 2 bridgehead atoms. The van der Waals surface area contributed by atoms with Crippen LogP contribution in [0.15, 0.2) is 0 Å². The van der Waals surface area contributed by atoms with E-state index in [1.165, 1.54) is 30.4 Å². The molecule has 3 atom stereocenters. The number of piperazine rings is 1. The lowest BCUT2D eigenvalue weighted by atomic mass is 9.89. The number of hydrogen-bond acceptors (Lipinski definition) is 1. The molecule has 0 aromatic rings. The Morgan fingerprint density at radius 2 is 2.08 bits per heavy atom. The third-order valence-electron chi connectivity index (χ3n) is 4.12. The fourth-order valence-corrected chi connectivity index (χ4v) is 2.82. The van der Waals surface area contributed by atoms with Crippen molar-refractivity contribution >= 4 is 0 Å². The molecule has 12 heavy (non-hydrogen) atoms. The first-order valence-electron chi connectivity index (χ1n) is 5.21. The third-order valence-corrected chi connectivity index (χ3v) is 4.12. The lowest BCUT2D eigenvalue weighted by molar-refractivity contribution is -0.961. The van der Waals surface area contributed by atoms with Crippen molar-refractivity contribution in [3.8, 4) is 0 Å². The van der Waals surface area contributed by atoms with Crippen molar-refractivity contribution in [2.75, 3.05) is 20.1 Å². The van der Waals surface area contributed by atoms with Gasteiger partial charge in [0.25, 0.3) is 0 Å². The average molecular weight is 169 g/mol. The minimum atomic E-state index is 0.792. The van der Waals surface area contributed by atoms with Gasteiger partial charge in [-0.25, -0.2) is 0 Å². The second-order valence-corrected chi connectivity index (χ2v) is 4.96. The van der Waals surface area contributed by atoms with E-state index in [0.29, 0.717) is 0 Å². The molecular formula is C10H21N2+. The zero-order chi connectivity index (χ0) is 8.77. The summed E-state index contributed by atoms with van der Waals surface area (Å²) in [4.78, 5) is 0. The highest BCUT2D eigenvalue weighted by atomic mass is 15.4. The maximum atomic E-state index is 3.61. The van der Waals surface area contributed by atoms with Gasteiger partial charge in [-0.2, -0.15) is 0 Å². The van der Waals surface area contributed by atoms with Crippen LogP contribution < -0.4 is 5.32 Å². The summed E-state index contributed by atoms with van der Waals surface area (Å²) in [6.45, 7) is 7.32. The Morgan fingerprint density at radius 1 is 1.33 bits per heavy atom. The lowest BCUT2D eigenvalue weighted by Crippen LogP contribution is -2.71. The standard InChI is InChI=1S/C10H21N2/c1-8(2)12(3)7-9-4-5-10(12)6-11-9/h8-11H,4-7H2,1-3H3/q+1. The Morgan fingerprint density at radius 3 is 2.33 bits per heavy atom. The van der Waals surface area contributed by atoms with Crippen molar-refractivity contribution < 1.29 is 4.48 Å². The largest absolute Gasteiger partial charge is 0.319 e. The number of piperidine rings is 2. The first-order chi connectivity index (χ1) is 5.63. The van der Waals surface area contributed by atoms with Crippen molar-refractivity contribution in [2.24, 2.45) is 0 Å². The zero-order valence-corrected chi connectivity index (χ0v) is 8.51. The number of rotatable bonds is 1. The van der Waals surface area contributed by atoms with E-state index >= 15 is 0 Å².